The molecule has 0 aromatic rings. The van der Waals surface area contributed by atoms with Crippen LogP contribution in [0.4, 0.5) is 0 Å². The van der Waals surface area contributed by atoms with E-state index in [1.165, 1.54) is 51.4 Å². The second-order valence-electron chi connectivity index (χ2n) is 5.99. The second kappa shape index (κ2) is 6.23. The molecule has 3 heteroatoms. The molecule has 2 rings (SSSR count). The summed E-state index contributed by atoms with van der Waals surface area (Å²) in [5.41, 5.74) is 0.320. The molecule has 0 amide bonds. The molecule has 2 nitrogen and oxygen atoms in total. The van der Waals surface area contributed by atoms with Gasteiger partial charge < -0.3 is 9.64 Å². The largest absolute Gasteiger partial charge is 0.469 e. The van der Waals surface area contributed by atoms with Gasteiger partial charge in [0, 0.05) is 5.54 Å². The molecule has 1 saturated heterocycles. The topological polar surface area (TPSA) is 12.5 Å². The van der Waals surface area contributed by atoms with Gasteiger partial charge in [0.2, 0.25) is 0 Å². The summed E-state index contributed by atoms with van der Waals surface area (Å²) >= 11 is 5.41. The van der Waals surface area contributed by atoms with Crippen molar-refractivity contribution < 1.29 is 4.74 Å². The van der Waals surface area contributed by atoms with E-state index in [0.717, 1.165) is 24.2 Å². The van der Waals surface area contributed by atoms with E-state index in [4.69, 9.17) is 17.0 Å². The molecular weight excluding hydrogens is 242 g/mol. The monoisotopic (exact) mass is 269 g/mol. The Morgan fingerprint density at radius 3 is 2.83 bits per heavy atom. The predicted octanol–water partition coefficient (Wildman–Crippen LogP) is 4.13. The molecule has 0 aromatic carbocycles. The summed E-state index contributed by atoms with van der Waals surface area (Å²) in [5, 5.41) is 0.764. The van der Waals surface area contributed by atoms with Crippen molar-refractivity contribution in [1.29, 1.82) is 0 Å². The van der Waals surface area contributed by atoms with Crippen LogP contribution in [0.15, 0.2) is 0 Å². The highest BCUT2D eigenvalue weighted by molar-refractivity contribution is 7.80. The Bertz CT molecular complexity index is 288. The highest BCUT2D eigenvalue weighted by atomic mass is 32.1. The minimum absolute atomic E-state index is 0.320. The zero-order chi connectivity index (χ0) is 13.0. The van der Waals surface area contributed by atoms with E-state index in [1.807, 2.05) is 0 Å². The molecule has 0 bridgehead atoms. The SMILES string of the molecule is CCCC1CCCC(CCC)(N2CCOC2=S)C1. The first-order valence-corrected chi connectivity index (χ1v) is 8.07. The molecule has 1 aliphatic carbocycles. The number of rotatable bonds is 5. The molecule has 104 valence electrons. The average Bonchev–Trinajstić information content (AvgIpc) is 2.77. The molecule has 0 aromatic heterocycles. The maximum absolute atomic E-state index is 5.54. The van der Waals surface area contributed by atoms with Crippen molar-refractivity contribution in [1.82, 2.24) is 4.90 Å². The van der Waals surface area contributed by atoms with Crippen molar-refractivity contribution >= 4 is 17.4 Å². The summed E-state index contributed by atoms with van der Waals surface area (Å²) in [4.78, 5) is 2.42. The zero-order valence-corrected chi connectivity index (χ0v) is 12.7. The van der Waals surface area contributed by atoms with Gasteiger partial charge in [0.1, 0.15) is 6.61 Å². The van der Waals surface area contributed by atoms with Crippen molar-refractivity contribution in [2.24, 2.45) is 5.92 Å². The highest BCUT2D eigenvalue weighted by Crippen LogP contribution is 2.42. The minimum atomic E-state index is 0.320. The normalized spacial score (nSPS) is 32.7. The van der Waals surface area contributed by atoms with Gasteiger partial charge in [-0.3, -0.25) is 0 Å². The van der Waals surface area contributed by atoms with Crippen LogP contribution in [0.5, 0.6) is 0 Å². The Morgan fingerprint density at radius 1 is 1.39 bits per heavy atom. The lowest BCUT2D eigenvalue weighted by Crippen LogP contribution is -2.52. The van der Waals surface area contributed by atoms with Gasteiger partial charge in [-0.2, -0.15) is 0 Å². The fourth-order valence-electron chi connectivity index (χ4n) is 4.01. The van der Waals surface area contributed by atoms with Gasteiger partial charge in [-0.05, 0) is 37.4 Å². The maximum Gasteiger partial charge on any atom is 0.259 e. The van der Waals surface area contributed by atoms with Crippen LogP contribution in [-0.2, 0) is 4.74 Å². The van der Waals surface area contributed by atoms with Gasteiger partial charge >= 0.3 is 0 Å². The first kappa shape index (κ1) is 14.1. The van der Waals surface area contributed by atoms with Crippen molar-refractivity contribution in [3.8, 4) is 0 Å². The van der Waals surface area contributed by atoms with Gasteiger partial charge in [0.15, 0.2) is 0 Å². The molecule has 1 heterocycles. The van der Waals surface area contributed by atoms with E-state index >= 15 is 0 Å². The fourth-order valence-corrected chi connectivity index (χ4v) is 4.38. The first-order chi connectivity index (χ1) is 8.72. The third kappa shape index (κ3) is 2.81. The molecule has 0 radical (unpaired) electrons. The number of ether oxygens (including phenoxy) is 1. The summed E-state index contributed by atoms with van der Waals surface area (Å²) in [6.45, 7) is 6.41. The van der Waals surface area contributed by atoms with E-state index in [9.17, 15) is 0 Å². The Morgan fingerprint density at radius 2 is 2.22 bits per heavy atom. The lowest BCUT2D eigenvalue weighted by molar-refractivity contribution is 0.0821. The lowest BCUT2D eigenvalue weighted by atomic mass is 9.71. The van der Waals surface area contributed by atoms with Crippen LogP contribution in [-0.4, -0.2) is 28.8 Å². The summed E-state index contributed by atoms with van der Waals surface area (Å²) in [5.74, 6) is 0.902. The smallest absolute Gasteiger partial charge is 0.259 e. The average molecular weight is 269 g/mol. The van der Waals surface area contributed by atoms with E-state index in [0.29, 0.717) is 5.54 Å². The number of hydrogen-bond acceptors (Lipinski definition) is 2. The molecule has 2 fully saturated rings. The second-order valence-corrected chi connectivity index (χ2v) is 6.34. The fraction of sp³-hybridized carbons (Fsp3) is 0.933. The Hall–Kier alpha value is -0.310. The molecule has 1 saturated carbocycles. The quantitative estimate of drug-likeness (QED) is 0.696. The van der Waals surface area contributed by atoms with Crippen LogP contribution >= 0.6 is 12.2 Å². The van der Waals surface area contributed by atoms with Gasteiger partial charge in [0.05, 0.1) is 6.54 Å². The van der Waals surface area contributed by atoms with Gasteiger partial charge in [-0.1, -0.05) is 46.0 Å². The van der Waals surface area contributed by atoms with Crippen molar-refractivity contribution in [3.05, 3.63) is 0 Å². The number of thiocarbonyl (C=S) groups is 1. The standard InChI is InChI=1S/C15H27NOS/c1-3-6-13-7-5-9-15(12-13,8-4-2)16-10-11-17-14(16)18/h13H,3-12H2,1-2H3. The molecule has 18 heavy (non-hydrogen) atoms. The van der Waals surface area contributed by atoms with Gasteiger partial charge in [-0.15, -0.1) is 0 Å². The van der Waals surface area contributed by atoms with E-state index in [2.05, 4.69) is 18.7 Å². The van der Waals surface area contributed by atoms with Crippen molar-refractivity contribution in [2.75, 3.05) is 13.2 Å². The maximum atomic E-state index is 5.54. The van der Waals surface area contributed by atoms with Crippen molar-refractivity contribution in [2.45, 2.75) is 70.8 Å². The molecule has 2 atom stereocenters. The molecule has 0 N–H and O–H groups in total. The lowest BCUT2D eigenvalue weighted by Gasteiger charge is -2.47. The third-order valence-electron chi connectivity index (χ3n) is 4.67. The van der Waals surface area contributed by atoms with Crippen LogP contribution in [0.3, 0.4) is 0 Å². The zero-order valence-electron chi connectivity index (χ0n) is 11.9. The van der Waals surface area contributed by atoms with Gasteiger partial charge in [-0.25, -0.2) is 0 Å². The summed E-state index contributed by atoms with van der Waals surface area (Å²) < 4.78 is 5.54. The van der Waals surface area contributed by atoms with E-state index in [1.54, 1.807) is 0 Å². The van der Waals surface area contributed by atoms with Gasteiger partial charge in [0.25, 0.3) is 5.17 Å². The molecular formula is C15H27NOS. The Balaban J connectivity index is 2.12. The third-order valence-corrected chi connectivity index (χ3v) is 5.01. The molecule has 2 aliphatic rings. The molecule has 0 spiro atoms. The highest BCUT2D eigenvalue weighted by Gasteiger charge is 2.43. The van der Waals surface area contributed by atoms with Crippen LogP contribution < -0.4 is 0 Å². The van der Waals surface area contributed by atoms with Crippen LogP contribution in [0.25, 0.3) is 0 Å². The molecule has 2 unspecified atom stereocenters. The number of hydrogen-bond donors (Lipinski definition) is 0. The number of nitrogens with zero attached hydrogens (tertiary/aromatic N) is 1. The summed E-state index contributed by atoms with van der Waals surface area (Å²) in [6, 6.07) is 0. The van der Waals surface area contributed by atoms with E-state index < -0.39 is 0 Å². The Kier molecular flexibility index (Phi) is 4.88. The summed E-state index contributed by atoms with van der Waals surface area (Å²) in [7, 11) is 0. The van der Waals surface area contributed by atoms with E-state index in [-0.39, 0.29) is 0 Å². The first-order valence-electron chi connectivity index (χ1n) is 7.66. The minimum Gasteiger partial charge on any atom is -0.469 e. The summed E-state index contributed by atoms with van der Waals surface area (Å²) in [6.07, 6.45) is 10.6. The Labute approximate surface area is 117 Å². The van der Waals surface area contributed by atoms with Crippen molar-refractivity contribution in [3.63, 3.8) is 0 Å². The predicted molar refractivity (Wildman–Crippen MR) is 79.8 cm³/mol. The van der Waals surface area contributed by atoms with Crippen LogP contribution in [0, 0.1) is 5.92 Å². The van der Waals surface area contributed by atoms with Crippen LogP contribution in [0.2, 0.25) is 0 Å². The van der Waals surface area contributed by atoms with Crippen LogP contribution in [0.1, 0.15) is 65.2 Å². The molecule has 1 aliphatic heterocycles.